The molecule has 1 rings (SSSR count). The average Bonchev–Trinajstić information content (AvgIpc) is 2.19. The summed E-state index contributed by atoms with van der Waals surface area (Å²) in [6, 6.07) is 7.75. The van der Waals surface area contributed by atoms with Crippen LogP contribution in [0.3, 0.4) is 0 Å². The van der Waals surface area contributed by atoms with Gasteiger partial charge in [-0.3, -0.25) is 0 Å². The molecule has 0 aliphatic carbocycles. The minimum Gasteiger partial charge on any atom is -0.399 e. The van der Waals surface area contributed by atoms with Crippen LogP contribution in [-0.2, 0) is 6.42 Å². The van der Waals surface area contributed by atoms with Crippen LogP contribution < -0.4 is 11.5 Å². The number of allylic oxidation sites excluding steroid dienone is 3. The van der Waals surface area contributed by atoms with Crippen molar-refractivity contribution in [2.45, 2.75) is 6.42 Å². The van der Waals surface area contributed by atoms with Crippen molar-refractivity contribution >= 4 is 5.69 Å². The number of hydrogen-bond donors (Lipinski definition) is 2. The summed E-state index contributed by atoms with van der Waals surface area (Å²) in [4.78, 5) is 0. The highest BCUT2D eigenvalue weighted by molar-refractivity contribution is 5.40. The van der Waals surface area contributed by atoms with E-state index >= 15 is 0 Å². The number of anilines is 1. The van der Waals surface area contributed by atoms with E-state index in [9.17, 15) is 0 Å². The highest BCUT2D eigenvalue weighted by Gasteiger charge is 1.94. The van der Waals surface area contributed by atoms with E-state index in [1.807, 2.05) is 30.3 Å². The molecule has 0 spiro atoms. The minimum atomic E-state index is 0.536. The van der Waals surface area contributed by atoms with Gasteiger partial charge in [0.1, 0.15) is 0 Å². The Bertz CT molecular complexity index is 386. The molecule has 0 heterocycles. The SMILES string of the molecule is C=C(N)/C=C\C(=C)Cc1ccc(N)cc1. The Balaban J connectivity index is 2.59. The summed E-state index contributed by atoms with van der Waals surface area (Å²) in [6.45, 7) is 7.51. The van der Waals surface area contributed by atoms with Crippen LogP contribution in [0.25, 0.3) is 0 Å². The fourth-order valence-corrected chi connectivity index (χ4v) is 1.18. The average molecular weight is 200 g/mol. The molecule has 1 aromatic carbocycles. The number of nitrogens with two attached hydrogens (primary N) is 2. The number of rotatable bonds is 4. The van der Waals surface area contributed by atoms with Crippen LogP contribution in [0.2, 0.25) is 0 Å². The Labute approximate surface area is 90.6 Å². The van der Waals surface area contributed by atoms with Gasteiger partial charge < -0.3 is 11.5 Å². The van der Waals surface area contributed by atoms with Crippen molar-refractivity contribution in [2.75, 3.05) is 5.73 Å². The maximum Gasteiger partial charge on any atom is 0.0314 e. The van der Waals surface area contributed by atoms with Gasteiger partial charge in [-0.2, -0.15) is 0 Å². The summed E-state index contributed by atoms with van der Waals surface area (Å²) in [6.07, 6.45) is 4.42. The summed E-state index contributed by atoms with van der Waals surface area (Å²) >= 11 is 0. The summed E-state index contributed by atoms with van der Waals surface area (Å²) in [5.41, 5.74) is 14.5. The predicted molar refractivity (Wildman–Crippen MR) is 66.2 cm³/mol. The van der Waals surface area contributed by atoms with E-state index in [1.165, 1.54) is 5.56 Å². The zero-order valence-electron chi connectivity index (χ0n) is 8.74. The second kappa shape index (κ2) is 5.05. The standard InChI is InChI=1S/C13H16N2/c1-10(3-4-11(2)14)9-12-5-7-13(15)8-6-12/h3-8H,1-2,9,14-15H2/b4-3-. The summed E-state index contributed by atoms with van der Waals surface area (Å²) in [7, 11) is 0. The Morgan fingerprint density at radius 1 is 1.13 bits per heavy atom. The zero-order valence-corrected chi connectivity index (χ0v) is 8.74. The van der Waals surface area contributed by atoms with Crippen LogP contribution in [0.4, 0.5) is 5.69 Å². The van der Waals surface area contributed by atoms with Gasteiger partial charge in [-0.05, 0) is 30.2 Å². The molecule has 0 aliphatic rings. The van der Waals surface area contributed by atoms with Gasteiger partial charge in [0.05, 0.1) is 0 Å². The lowest BCUT2D eigenvalue weighted by Crippen LogP contribution is -1.91. The van der Waals surface area contributed by atoms with E-state index in [0.717, 1.165) is 17.7 Å². The smallest absolute Gasteiger partial charge is 0.0314 e. The fraction of sp³-hybridized carbons (Fsp3) is 0.0769. The summed E-state index contributed by atoms with van der Waals surface area (Å²) in [5, 5.41) is 0. The minimum absolute atomic E-state index is 0.536. The molecular formula is C13H16N2. The topological polar surface area (TPSA) is 52.0 Å². The lowest BCUT2D eigenvalue weighted by Gasteiger charge is -2.01. The number of nitrogen functional groups attached to an aromatic ring is 1. The van der Waals surface area contributed by atoms with Crippen molar-refractivity contribution in [1.82, 2.24) is 0 Å². The molecule has 0 atom stereocenters. The zero-order chi connectivity index (χ0) is 11.3. The van der Waals surface area contributed by atoms with E-state index in [2.05, 4.69) is 13.2 Å². The maximum atomic E-state index is 5.59. The molecule has 1 aromatic rings. The Hall–Kier alpha value is -1.96. The molecule has 0 radical (unpaired) electrons. The third-order valence-electron chi connectivity index (χ3n) is 1.94. The van der Waals surface area contributed by atoms with Crippen LogP contribution in [-0.4, -0.2) is 0 Å². The highest BCUT2D eigenvalue weighted by atomic mass is 14.5. The summed E-state index contributed by atoms with van der Waals surface area (Å²) < 4.78 is 0. The number of benzene rings is 1. The van der Waals surface area contributed by atoms with Gasteiger partial charge in [-0.25, -0.2) is 0 Å². The third-order valence-corrected chi connectivity index (χ3v) is 1.94. The second-order valence-electron chi connectivity index (χ2n) is 3.48. The van der Waals surface area contributed by atoms with Crippen molar-refractivity contribution in [3.63, 3.8) is 0 Å². The largest absolute Gasteiger partial charge is 0.399 e. The Kier molecular flexibility index (Phi) is 3.75. The molecule has 0 fully saturated rings. The van der Waals surface area contributed by atoms with Crippen LogP contribution in [0.1, 0.15) is 5.56 Å². The van der Waals surface area contributed by atoms with Crippen molar-refractivity contribution < 1.29 is 0 Å². The lowest BCUT2D eigenvalue weighted by molar-refractivity contribution is 1.20. The molecule has 0 unspecified atom stereocenters. The van der Waals surface area contributed by atoms with Gasteiger partial charge in [0, 0.05) is 11.4 Å². The first-order valence-electron chi connectivity index (χ1n) is 4.72. The molecule has 0 aliphatic heterocycles. The quantitative estimate of drug-likeness (QED) is 0.579. The van der Waals surface area contributed by atoms with Crippen molar-refractivity contribution in [2.24, 2.45) is 5.73 Å². The molecule has 0 saturated heterocycles. The van der Waals surface area contributed by atoms with Crippen LogP contribution in [0, 0.1) is 0 Å². The predicted octanol–water partition coefficient (Wildman–Crippen LogP) is 2.40. The Morgan fingerprint density at radius 3 is 2.27 bits per heavy atom. The summed E-state index contributed by atoms with van der Waals surface area (Å²) in [5.74, 6) is 0. The van der Waals surface area contributed by atoms with Gasteiger partial charge in [-0.1, -0.05) is 36.9 Å². The van der Waals surface area contributed by atoms with Gasteiger partial charge in [0.25, 0.3) is 0 Å². The maximum absolute atomic E-state index is 5.59. The number of hydrogen-bond acceptors (Lipinski definition) is 2. The van der Waals surface area contributed by atoms with E-state index in [-0.39, 0.29) is 0 Å². The molecular weight excluding hydrogens is 184 g/mol. The molecule has 2 nitrogen and oxygen atoms in total. The Morgan fingerprint density at radius 2 is 1.73 bits per heavy atom. The van der Waals surface area contributed by atoms with Crippen molar-refractivity contribution in [1.29, 1.82) is 0 Å². The van der Waals surface area contributed by atoms with Crippen LogP contribution >= 0.6 is 0 Å². The molecule has 0 aromatic heterocycles. The third kappa shape index (κ3) is 4.18. The lowest BCUT2D eigenvalue weighted by atomic mass is 10.1. The second-order valence-corrected chi connectivity index (χ2v) is 3.48. The molecule has 2 heteroatoms. The van der Waals surface area contributed by atoms with E-state index in [1.54, 1.807) is 6.08 Å². The van der Waals surface area contributed by atoms with Gasteiger partial charge in [0.2, 0.25) is 0 Å². The molecule has 4 N–H and O–H groups in total. The van der Waals surface area contributed by atoms with Gasteiger partial charge >= 0.3 is 0 Å². The molecule has 0 saturated carbocycles. The van der Waals surface area contributed by atoms with Crippen LogP contribution in [0.5, 0.6) is 0 Å². The first-order valence-corrected chi connectivity index (χ1v) is 4.72. The molecule has 78 valence electrons. The van der Waals surface area contributed by atoms with Gasteiger partial charge in [-0.15, -0.1) is 0 Å². The molecule has 0 amide bonds. The van der Waals surface area contributed by atoms with E-state index in [0.29, 0.717) is 5.70 Å². The molecule has 15 heavy (non-hydrogen) atoms. The van der Waals surface area contributed by atoms with Crippen molar-refractivity contribution in [3.05, 3.63) is 66.4 Å². The van der Waals surface area contributed by atoms with Gasteiger partial charge in [0.15, 0.2) is 0 Å². The fourth-order valence-electron chi connectivity index (χ4n) is 1.18. The first-order chi connectivity index (χ1) is 7.08. The molecule has 0 bridgehead atoms. The van der Waals surface area contributed by atoms with Crippen molar-refractivity contribution in [3.8, 4) is 0 Å². The first kappa shape index (κ1) is 11.1. The monoisotopic (exact) mass is 200 g/mol. The highest BCUT2D eigenvalue weighted by Crippen LogP contribution is 2.10. The van der Waals surface area contributed by atoms with E-state index < -0.39 is 0 Å². The van der Waals surface area contributed by atoms with E-state index in [4.69, 9.17) is 11.5 Å². The normalized spacial score (nSPS) is 10.4. The van der Waals surface area contributed by atoms with Crippen LogP contribution in [0.15, 0.2) is 60.8 Å².